The maximum Gasteiger partial charge on any atom is 0.0861 e. The summed E-state index contributed by atoms with van der Waals surface area (Å²) in [6.07, 6.45) is 12.0. The third-order valence-corrected chi connectivity index (χ3v) is 3.34. The van der Waals surface area contributed by atoms with Crippen LogP contribution in [0.3, 0.4) is 0 Å². The first-order chi connectivity index (χ1) is 6.86. The van der Waals surface area contributed by atoms with Gasteiger partial charge in [0.15, 0.2) is 0 Å². The summed E-state index contributed by atoms with van der Waals surface area (Å²) in [6.45, 7) is 0. The van der Waals surface area contributed by atoms with Gasteiger partial charge in [-0.2, -0.15) is 0 Å². The molecule has 0 bridgehead atoms. The van der Waals surface area contributed by atoms with Crippen molar-refractivity contribution in [2.45, 2.75) is 63.5 Å². The molecule has 0 aromatic carbocycles. The van der Waals surface area contributed by atoms with Crippen LogP contribution in [0.4, 0.5) is 0 Å². The molecule has 0 amide bonds. The molecule has 14 heavy (non-hydrogen) atoms. The first kappa shape index (κ1) is 11.4. The summed E-state index contributed by atoms with van der Waals surface area (Å²) in [4.78, 5) is 8.00. The summed E-state index contributed by atoms with van der Waals surface area (Å²) in [7, 11) is 0. The third-order valence-electron chi connectivity index (χ3n) is 3.34. The minimum Gasteiger partial charge on any atom is -0.444 e. The van der Waals surface area contributed by atoms with E-state index in [1.54, 1.807) is 0 Å². The van der Waals surface area contributed by atoms with E-state index in [1.807, 2.05) is 0 Å². The van der Waals surface area contributed by atoms with Gasteiger partial charge in [0.1, 0.15) is 0 Å². The fourth-order valence-corrected chi connectivity index (χ4v) is 2.68. The molecule has 0 radical (unpaired) electrons. The Kier molecular flexibility index (Phi) is 5.52. The average Bonchev–Trinajstić information content (AvgIpc) is 2.79. The number of quaternary nitrogens is 1. The van der Waals surface area contributed by atoms with Crippen LogP contribution in [0.1, 0.15) is 51.4 Å². The van der Waals surface area contributed by atoms with Gasteiger partial charge in [-0.1, -0.05) is 0 Å². The predicted molar refractivity (Wildman–Crippen MR) is 55.6 cm³/mol. The summed E-state index contributed by atoms with van der Waals surface area (Å²) < 4.78 is 0. The summed E-state index contributed by atoms with van der Waals surface area (Å²) in [6, 6.07) is 2.02. The number of nitrogens with two attached hydrogens (primary N) is 1. The SMILES string of the molecule is C1CCC([NH2+]C2CCCC2)C1.O=N[O-]. The first-order valence-electron chi connectivity index (χ1n) is 5.66. The van der Waals surface area contributed by atoms with Crippen molar-refractivity contribution in [1.29, 1.82) is 0 Å². The maximum atomic E-state index is 8.00. The highest BCUT2D eigenvalue weighted by Gasteiger charge is 2.24. The minimum absolute atomic E-state index is 1.00. The molecule has 0 aromatic heterocycles. The number of nitrogens with zero attached hydrogens (tertiary/aromatic N) is 1. The summed E-state index contributed by atoms with van der Waals surface area (Å²) in [5.74, 6) is 0. The maximum absolute atomic E-state index is 8.00. The zero-order chi connectivity index (χ0) is 10.2. The molecule has 0 unspecified atom stereocenters. The molecule has 2 saturated carbocycles. The molecule has 0 aliphatic heterocycles. The Morgan fingerprint density at radius 1 is 0.929 bits per heavy atom. The molecule has 2 N–H and O–H groups in total. The van der Waals surface area contributed by atoms with E-state index < -0.39 is 0 Å². The Morgan fingerprint density at radius 2 is 1.21 bits per heavy atom. The van der Waals surface area contributed by atoms with Gasteiger partial charge >= 0.3 is 0 Å². The highest BCUT2D eigenvalue weighted by Crippen LogP contribution is 2.18. The fourth-order valence-electron chi connectivity index (χ4n) is 2.68. The largest absolute Gasteiger partial charge is 0.444 e. The van der Waals surface area contributed by atoms with Crippen LogP contribution in [-0.2, 0) is 0 Å². The van der Waals surface area contributed by atoms with Crippen LogP contribution in [0.15, 0.2) is 5.34 Å². The summed E-state index contributed by atoms with van der Waals surface area (Å²) in [5.41, 5.74) is 0. The van der Waals surface area contributed by atoms with Crippen LogP contribution in [0.5, 0.6) is 0 Å². The topological polar surface area (TPSA) is 69.1 Å². The van der Waals surface area contributed by atoms with Crippen molar-refractivity contribution in [3.63, 3.8) is 0 Å². The van der Waals surface area contributed by atoms with Gasteiger partial charge in [-0.25, -0.2) is 0 Å². The van der Waals surface area contributed by atoms with E-state index in [1.165, 1.54) is 51.4 Å². The molecule has 2 aliphatic carbocycles. The molecular formula is C10H20N2O2. The van der Waals surface area contributed by atoms with Crippen molar-refractivity contribution < 1.29 is 5.32 Å². The molecule has 0 saturated heterocycles. The van der Waals surface area contributed by atoms with Crippen LogP contribution in [0, 0.1) is 10.1 Å². The lowest BCUT2D eigenvalue weighted by atomic mass is 10.2. The molecule has 0 spiro atoms. The van der Waals surface area contributed by atoms with E-state index in [2.05, 4.69) is 5.32 Å². The molecule has 82 valence electrons. The van der Waals surface area contributed by atoms with E-state index in [0.29, 0.717) is 0 Å². The molecular weight excluding hydrogens is 180 g/mol. The molecule has 4 nitrogen and oxygen atoms in total. The zero-order valence-corrected chi connectivity index (χ0v) is 8.65. The van der Waals surface area contributed by atoms with E-state index in [4.69, 9.17) is 10.1 Å². The van der Waals surface area contributed by atoms with Gasteiger partial charge in [-0.05, 0) is 51.4 Å². The van der Waals surface area contributed by atoms with Crippen LogP contribution < -0.4 is 5.32 Å². The van der Waals surface area contributed by atoms with Crippen molar-refractivity contribution in [2.75, 3.05) is 0 Å². The quantitative estimate of drug-likeness (QED) is 0.544. The smallest absolute Gasteiger partial charge is 0.0861 e. The van der Waals surface area contributed by atoms with Crippen LogP contribution in [0.25, 0.3) is 0 Å². The van der Waals surface area contributed by atoms with Crippen LogP contribution in [-0.4, -0.2) is 12.1 Å². The van der Waals surface area contributed by atoms with Crippen molar-refractivity contribution in [2.24, 2.45) is 5.34 Å². The highest BCUT2D eigenvalue weighted by atomic mass is 16.6. The third kappa shape index (κ3) is 4.05. The Labute approximate surface area is 85.0 Å². The number of hydrogen-bond acceptors (Lipinski definition) is 3. The molecule has 0 heterocycles. The van der Waals surface area contributed by atoms with Gasteiger partial charge in [0.25, 0.3) is 0 Å². The summed E-state index contributed by atoms with van der Waals surface area (Å²) in [5, 5.41) is 11.7. The van der Waals surface area contributed by atoms with Crippen LogP contribution in [0.2, 0.25) is 0 Å². The Morgan fingerprint density at radius 3 is 1.50 bits per heavy atom. The zero-order valence-electron chi connectivity index (χ0n) is 8.65. The summed E-state index contributed by atoms with van der Waals surface area (Å²) >= 11 is 0. The Balaban J connectivity index is 0.000000293. The van der Waals surface area contributed by atoms with E-state index in [0.717, 1.165) is 17.4 Å². The second-order valence-corrected chi connectivity index (χ2v) is 4.36. The van der Waals surface area contributed by atoms with Crippen molar-refractivity contribution in [3.8, 4) is 0 Å². The van der Waals surface area contributed by atoms with Crippen molar-refractivity contribution in [3.05, 3.63) is 10.1 Å². The molecule has 0 aromatic rings. The second-order valence-electron chi connectivity index (χ2n) is 4.36. The van der Waals surface area contributed by atoms with Gasteiger partial charge in [0.2, 0.25) is 0 Å². The molecule has 2 fully saturated rings. The van der Waals surface area contributed by atoms with Gasteiger partial charge < -0.3 is 15.4 Å². The lowest BCUT2D eigenvalue weighted by molar-refractivity contribution is -0.719. The molecule has 2 aliphatic rings. The Hall–Kier alpha value is -0.640. The normalized spacial score (nSPS) is 23.1. The highest BCUT2D eigenvalue weighted by molar-refractivity contribution is 4.68. The predicted octanol–water partition coefficient (Wildman–Crippen LogP) is 1.69. The van der Waals surface area contributed by atoms with E-state index in [9.17, 15) is 0 Å². The molecule has 4 heteroatoms. The van der Waals surface area contributed by atoms with Crippen molar-refractivity contribution in [1.82, 2.24) is 0 Å². The van der Waals surface area contributed by atoms with E-state index >= 15 is 0 Å². The lowest BCUT2D eigenvalue weighted by Gasteiger charge is -2.13. The second kappa shape index (κ2) is 6.76. The van der Waals surface area contributed by atoms with Gasteiger partial charge in [-0.3, -0.25) is 0 Å². The molecule has 2 rings (SSSR count). The average molecular weight is 200 g/mol. The number of hydrogen-bond donors (Lipinski definition) is 1. The minimum atomic E-state index is 1.00. The monoisotopic (exact) mass is 200 g/mol. The number of rotatable bonds is 2. The fraction of sp³-hybridized carbons (Fsp3) is 1.00. The lowest BCUT2D eigenvalue weighted by Crippen LogP contribution is -2.94. The Bertz CT molecular complexity index is 138. The van der Waals surface area contributed by atoms with Crippen LogP contribution >= 0.6 is 0 Å². The van der Waals surface area contributed by atoms with E-state index in [-0.39, 0.29) is 0 Å². The van der Waals surface area contributed by atoms with Gasteiger partial charge in [-0.15, -0.1) is 5.34 Å². The van der Waals surface area contributed by atoms with Gasteiger partial charge in [0.05, 0.1) is 12.1 Å². The standard InChI is InChI=1S/C10H19N.HNO2/c1-2-6-9(5-1)11-10-7-3-4-8-10;2-1-3/h9-11H,1-8H2;(H,2,3). The first-order valence-corrected chi connectivity index (χ1v) is 5.66. The van der Waals surface area contributed by atoms with Gasteiger partial charge in [0, 0.05) is 0 Å². The molecule has 0 atom stereocenters. The van der Waals surface area contributed by atoms with Crippen molar-refractivity contribution >= 4 is 0 Å².